The van der Waals surface area contributed by atoms with E-state index in [0.29, 0.717) is 15.7 Å². The van der Waals surface area contributed by atoms with Crippen molar-refractivity contribution in [3.63, 3.8) is 0 Å². The van der Waals surface area contributed by atoms with Crippen LogP contribution in [0.1, 0.15) is 22.8 Å². The lowest BCUT2D eigenvalue weighted by molar-refractivity contribution is -0.146. The third-order valence-electron chi connectivity index (χ3n) is 3.90. The second-order valence-electron chi connectivity index (χ2n) is 5.58. The fourth-order valence-corrected chi connectivity index (χ4v) is 2.94. The Morgan fingerprint density at radius 2 is 1.88 bits per heavy atom. The highest BCUT2D eigenvalue weighted by molar-refractivity contribution is 9.10. The zero-order valence-corrected chi connectivity index (χ0v) is 14.7. The van der Waals surface area contributed by atoms with Gasteiger partial charge in [0.25, 0.3) is 11.7 Å². The largest absolute Gasteiger partial charge is 0.459 e. The molecule has 0 aliphatic carbocycles. The molecule has 0 fully saturated rings. The molecule has 0 spiro atoms. The number of carbonyl (C=O) groups excluding carboxylic acids is 3. The Morgan fingerprint density at radius 3 is 2.56 bits per heavy atom. The standard InChI is InChI=1S/C18H13BrFNO4/c1-10(18(24)25-9-11-2-5-13(20)6-3-11)21-15-7-4-12(19)8-14(15)16(22)17(21)23/h2-8,10H,9H2,1H3/t10-/m1/s1. The molecule has 0 bridgehead atoms. The summed E-state index contributed by atoms with van der Waals surface area (Å²) in [5.74, 6) is -2.46. The summed E-state index contributed by atoms with van der Waals surface area (Å²) < 4.78 is 18.7. The van der Waals surface area contributed by atoms with E-state index in [1.807, 2.05) is 0 Å². The lowest BCUT2D eigenvalue weighted by atomic mass is 10.1. The maximum absolute atomic E-state index is 12.9. The van der Waals surface area contributed by atoms with Gasteiger partial charge in [0, 0.05) is 4.47 Å². The van der Waals surface area contributed by atoms with Crippen LogP contribution in [0.3, 0.4) is 0 Å². The number of Topliss-reactive ketones (excluding diaryl/α,β-unsaturated/α-hetero) is 1. The number of rotatable bonds is 4. The summed E-state index contributed by atoms with van der Waals surface area (Å²) >= 11 is 3.25. The van der Waals surface area contributed by atoms with Gasteiger partial charge in [-0.25, -0.2) is 9.18 Å². The number of hydrogen-bond acceptors (Lipinski definition) is 4. The van der Waals surface area contributed by atoms with Crippen LogP contribution >= 0.6 is 15.9 Å². The Hall–Kier alpha value is -2.54. The summed E-state index contributed by atoms with van der Waals surface area (Å²) in [6.07, 6.45) is 0. The minimum absolute atomic E-state index is 0.0490. The number of anilines is 1. The van der Waals surface area contributed by atoms with Gasteiger partial charge in [-0.1, -0.05) is 28.1 Å². The van der Waals surface area contributed by atoms with Crippen LogP contribution in [0, 0.1) is 5.82 Å². The van der Waals surface area contributed by atoms with Gasteiger partial charge < -0.3 is 4.74 Å². The lowest BCUT2D eigenvalue weighted by Gasteiger charge is -2.23. The van der Waals surface area contributed by atoms with Gasteiger partial charge in [-0.15, -0.1) is 0 Å². The Labute approximate surface area is 151 Å². The summed E-state index contributed by atoms with van der Waals surface area (Å²) in [7, 11) is 0. The molecular formula is C18H13BrFNO4. The third-order valence-corrected chi connectivity index (χ3v) is 4.39. The third kappa shape index (κ3) is 3.32. The number of esters is 1. The number of amides is 1. The molecule has 7 heteroatoms. The monoisotopic (exact) mass is 405 g/mol. The lowest BCUT2D eigenvalue weighted by Crippen LogP contribution is -2.43. The molecule has 25 heavy (non-hydrogen) atoms. The number of fused-ring (bicyclic) bond motifs is 1. The zero-order valence-electron chi connectivity index (χ0n) is 13.2. The van der Waals surface area contributed by atoms with Crippen LogP contribution < -0.4 is 4.90 Å². The molecule has 0 saturated heterocycles. The Bertz CT molecular complexity index is 866. The van der Waals surface area contributed by atoms with E-state index in [9.17, 15) is 18.8 Å². The van der Waals surface area contributed by atoms with E-state index >= 15 is 0 Å². The zero-order chi connectivity index (χ0) is 18.1. The van der Waals surface area contributed by atoms with Gasteiger partial charge in [0.1, 0.15) is 18.5 Å². The number of ether oxygens (including phenoxy) is 1. The predicted octanol–water partition coefficient (Wildman–Crippen LogP) is 3.25. The second kappa shape index (κ2) is 6.76. The van der Waals surface area contributed by atoms with Crippen molar-refractivity contribution in [2.75, 3.05) is 4.90 Å². The van der Waals surface area contributed by atoms with Crippen molar-refractivity contribution in [3.8, 4) is 0 Å². The molecule has 2 aromatic rings. The molecule has 0 radical (unpaired) electrons. The van der Waals surface area contributed by atoms with E-state index < -0.39 is 23.7 Å². The van der Waals surface area contributed by atoms with E-state index in [0.717, 1.165) is 4.90 Å². The minimum atomic E-state index is -0.959. The van der Waals surface area contributed by atoms with E-state index in [1.54, 1.807) is 18.2 Å². The molecular weight excluding hydrogens is 393 g/mol. The Kier molecular flexibility index (Phi) is 4.67. The summed E-state index contributed by atoms with van der Waals surface area (Å²) in [6.45, 7) is 1.45. The van der Waals surface area contributed by atoms with Crippen LogP contribution in [0.25, 0.3) is 0 Å². The first kappa shape index (κ1) is 17.3. The van der Waals surface area contributed by atoms with Crippen LogP contribution in [0.5, 0.6) is 0 Å². The second-order valence-corrected chi connectivity index (χ2v) is 6.49. The summed E-state index contributed by atoms with van der Waals surface area (Å²) in [5.41, 5.74) is 1.25. The minimum Gasteiger partial charge on any atom is -0.459 e. The van der Waals surface area contributed by atoms with Crippen LogP contribution in [0.2, 0.25) is 0 Å². The first-order valence-corrected chi connectivity index (χ1v) is 8.26. The van der Waals surface area contributed by atoms with Gasteiger partial charge in [0.2, 0.25) is 0 Å². The molecule has 1 aliphatic heterocycles. The van der Waals surface area contributed by atoms with Gasteiger partial charge in [-0.3, -0.25) is 14.5 Å². The molecule has 1 atom stereocenters. The fourth-order valence-electron chi connectivity index (χ4n) is 2.58. The van der Waals surface area contributed by atoms with Crippen molar-refractivity contribution in [1.29, 1.82) is 0 Å². The van der Waals surface area contributed by atoms with E-state index in [4.69, 9.17) is 4.74 Å². The van der Waals surface area contributed by atoms with Gasteiger partial charge in [0.05, 0.1) is 11.3 Å². The molecule has 0 unspecified atom stereocenters. The van der Waals surface area contributed by atoms with Crippen molar-refractivity contribution < 1.29 is 23.5 Å². The van der Waals surface area contributed by atoms with Crippen molar-refractivity contribution >= 4 is 39.3 Å². The maximum atomic E-state index is 12.9. The molecule has 0 N–H and O–H groups in total. The number of nitrogens with zero attached hydrogens (tertiary/aromatic N) is 1. The van der Waals surface area contributed by atoms with E-state index in [-0.39, 0.29) is 18.0 Å². The number of halogens is 2. The molecule has 1 amide bonds. The fraction of sp³-hybridized carbons (Fsp3) is 0.167. The van der Waals surface area contributed by atoms with Gasteiger partial charge in [-0.05, 0) is 42.8 Å². The van der Waals surface area contributed by atoms with Crippen LogP contribution in [0.15, 0.2) is 46.9 Å². The van der Waals surface area contributed by atoms with Crippen molar-refractivity contribution in [2.45, 2.75) is 19.6 Å². The van der Waals surface area contributed by atoms with Gasteiger partial charge in [-0.2, -0.15) is 0 Å². The molecule has 3 rings (SSSR count). The van der Waals surface area contributed by atoms with Gasteiger partial charge >= 0.3 is 5.97 Å². The number of ketones is 1. The van der Waals surface area contributed by atoms with Crippen molar-refractivity contribution in [2.24, 2.45) is 0 Å². The average Bonchev–Trinajstić information content (AvgIpc) is 2.84. The summed E-state index contributed by atoms with van der Waals surface area (Å²) in [4.78, 5) is 37.8. The highest BCUT2D eigenvalue weighted by Gasteiger charge is 2.41. The van der Waals surface area contributed by atoms with Crippen LogP contribution in [0.4, 0.5) is 10.1 Å². The average molecular weight is 406 g/mol. The molecule has 2 aromatic carbocycles. The van der Waals surface area contributed by atoms with Gasteiger partial charge in [0.15, 0.2) is 0 Å². The topological polar surface area (TPSA) is 63.7 Å². The molecule has 0 saturated carbocycles. The molecule has 1 heterocycles. The molecule has 5 nitrogen and oxygen atoms in total. The number of hydrogen-bond donors (Lipinski definition) is 0. The Balaban J connectivity index is 1.75. The van der Waals surface area contributed by atoms with Crippen LogP contribution in [-0.2, 0) is 20.9 Å². The quantitative estimate of drug-likeness (QED) is 0.578. The maximum Gasteiger partial charge on any atom is 0.329 e. The number of carbonyl (C=O) groups is 3. The molecule has 1 aliphatic rings. The highest BCUT2D eigenvalue weighted by Crippen LogP contribution is 2.33. The Morgan fingerprint density at radius 1 is 1.20 bits per heavy atom. The number of benzene rings is 2. The first-order valence-electron chi connectivity index (χ1n) is 7.47. The summed E-state index contributed by atoms with van der Waals surface area (Å²) in [6, 6.07) is 9.42. The van der Waals surface area contributed by atoms with E-state index in [1.165, 1.54) is 31.2 Å². The first-order chi connectivity index (χ1) is 11.9. The normalized spacial score (nSPS) is 14.4. The summed E-state index contributed by atoms with van der Waals surface area (Å²) in [5, 5.41) is 0. The smallest absolute Gasteiger partial charge is 0.329 e. The van der Waals surface area contributed by atoms with Crippen molar-refractivity contribution in [3.05, 3.63) is 63.9 Å². The molecule has 0 aromatic heterocycles. The van der Waals surface area contributed by atoms with Crippen LogP contribution in [-0.4, -0.2) is 23.7 Å². The SMILES string of the molecule is C[C@H](C(=O)OCc1ccc(F)cc1)N1C(=O)C(=O)c2cc(Br)ccc21. The highest BCUT2D eigenvalue weighted by atomic mass is 79.9. The van der Waals surface area contributed by atoms with Crippen molar-refractivity contribution in [1.82, 2.24) is 0 Å². The predicted molar refractivity (Wildman–Crippen MR) is 91.6 cm³/mol. The molecule has 128 valence electrons. The van der Waals surface area contributed by atoms with E-state index in [2.05, 4.69) is 15.9 Å².